The fourth-order valence-electron chi connectivity index (χ4n) is 3.00. The molecular weight excluding hydrogens is 508 g/mol. The minimum absolute atomic E-state index is 0.102. The number of carbonyl (C=O) groups excluding carboxylic acids is 2. The molecule has 2 amide bonds. The third kappa shape index (κ3) is 4.62. The number of hydrogen-bond donors (Lipinski definition) is 2. The Morgan fingerprint density at radius 3 is 1.66 bits per heavy atom. The summed E-state index contributed by atoms with van der Waals surface area (Å²) in [6.45, 7) is 0. The Bertz CT molecular complexity index is 1460. The van der Waals surface area contributed by atoms with Crippen LogP contribution in [0.25, 0.3) is 6.08 Å². The second-order valence-electron chi connectivity index (χ2n) is 6.81. The SMILES string of the molecule is COc1ccc(C=C2C(=O)N(c3ccc(S(=O)(=O)O)cn3)N(c3ccc(S(=O)(=O)O)cn3)C2=O)o1. The fraction of sp³-hybridized carbons (Fsp3) is 0.0526. The van der Waals surface area contributed by atoms with E-state index in [0.29, 0.717) is 0 Å². The molecule has 3 aromatic heterocycles. The number of ether oxygens (including phenoxy) is 1. The lowest BCUT2D eigenvalue weighted by Crippen LogP contribution is -2.42. The van der Waals surface area contributed by atoms with Crippen LogP contribution in [-0.2, 0) is 29.8 Å². The number of nitrogens with zero attached hydrogens (tertiary/aromatic N) is 4. The summed E-state index contributed by atoms with van der Waals surface area (Å²) in [5.74, 6) is -2.04. The van der Waals surface area contributed by atoms with E-state index in [1.807, 2.05) is 0 Å². The van der Waals surface area contributed by atoms with Gasteiger partial charge < -0.3 is 9.15 Å². The first-order valence-electron chi connectivity index (χ1n) is 9.31. The molecule has 1 aliphatic rings. The molecule has 182 valence electrons. The van der Waals surface area contributed by atoms with Crippen LogP contribution in [0.2, 0.25) is 0 Å². The molecular formula is C19H14N4O10S2. The highest BCUT2D eigenvalue weighted by Gasteiger charge is 2.44. The van der Waals surface area contributed by atoms with Crippen molar-refractivity contribution in [3.63, 3.8) is 0 Å². The van der Waals surface area contributed by atoms with Crippen molar-refractivity contribution in [1.29, 1.82) is 0 Å². The number of amides is 2. The molecule has 1 aliphatic heterocycles. The minimum atomic E-state index is -4.58. The fourth-order valence-corrected chi connectivity index (χ4v) is 3.85. The molecule has 14 nitrogen and oxygen atoms in total. The monoisotopic (exact) mass is 522 g/mol. The van der Waals surface area contributed by atoms with Gasteiger partial charge in [-0.3, -0.25) is 18.7 Å². The molecule has 35 heavy (non-hydrogen) atoms. The third-order valence-electron chi connectivity index (χ3n) is 4.61. The van der Waals surface area contributed by atoms with Crippen LogP contribution in [0.1, 0.15) is 5.76 Å². The molecule has 0 atom stereocenters. The average molecular weight is 522 g/mol. The molecule has 4 rings (SSSR count). The van der Waals surface area contributed by atoms with Gasteiger partial charge in [-0.15, -0.1) is 0 Å². The van der Waals surface area contributed by atoms with Crippen molar-refractivity contribution >= 4 is 49.8 Å². The van der Waals surface area contributed by atoms with Gasteiger partial charge in [-0.25, -0.2) is 9.97 Å². The Hall–Kier alpha value is -4.12. The van der Waals surface area contributed by atoms with E-state index in [-0.39, 0.29) is 23.3 Å². The highest BCUT2D eigenvalue weighted by Crippen LogP contribution is 2.32. The van der Waals surface area contributed by atoms with Crippen molar-refractivity contribution in [2.45, 2.75) is 9.79 Å². The lowest BCUT2D eigenvalue weighted by molar-refractivity contribution is -0.116. The predicted molar refractivity (Wildman–Crippen MR) is 116 cm³/mol. The summed E-state index contributed by atoms with van der Waals surface area (Å²) in [6.07, 6.45) is 2.68. The van der Waals surface area contributed by atoms with Crippen LogP contribution in [0.4, 0.5) is 11.6 Å². The maximum atomic E-state index is 13.2. The molecule has 2 N–H and O–H groups in total. The Balaban J connectivity index is 1.83. The van der Waals surface area contributed by atoms with Crippen molar-refractivity contribution < 1.29 is 44.7 Å². The van der Waals surface area contributed by atoms with Gasteiger partial charge in [0.2, 0.25) is 0 Å². The van der Waals surface area contributed by atoms with E-state index in [4.69, 9.17) is 18.3 Å². The van der Waals surface area contributed by atoms with Crippen molar-refractivity contribution in [2.24, 2.45) is 0 Å². The molecule has 16 heteroatoms. The van der Waals surface area contributed by atoms with E-state index in [9.17, 15) is 26.4 Å². The highest BCUT2D eigenvalue weighted by atomic mass is 32.2. The van der Waals surface area contributed by atoms with Gasteiger partial charge >= 0.3 is 0 Å². The summed E-state index contributed by atoms with van der Waals surface area (Å²) >= 11 is 0. The van der Waals surface area contributed by atoms with Crippen molar-refractivity contribution in [2.75, 3.05) is 17.1 Å². The molecule has 0 bridgehead atoms. The van der Waals surface area contributed by atoms with Crippen molar-refractivity contribution in [3.8, 4) is 5.95 Å². The molecule has 0 saturated carbocycles. The molecule has 0 unspecified atom stereocenters. The topological polar surface area (TPSA) is 198 Å². The van der Waals surface area contributed by atoms with Gasteiger partial charge in [-0.1, -0.05) is 0 Å². The Morgan fingerprint density at radius 2 is 1.31 bits per heavy atom. The maximum Gasteiger partial charge on any atom is 0.296 e. The number of anilines is 2. The van der Waals surface area contributed by atoms with E-state index in [1.165, 1.54) is 19.2 Å². The molecule has 0 spiro atoms. The standard InChI is InChI=1S/C19H14N4O10S2/c1-32-17-7-2-11(33-17)8-14-18(24)22(15-5-3-12(9-20-15)34(26,27)28)23(19(14)25)16-6-4-13(10-21-16)35(29,30)31/h2-10H,1H3,(H,26,27,28)(H,29,30,31). The van der Waals surface area contributed by atoms with Crippen LogP contribution in [-0.4, -0.2) is 54.8 Å². The summed E-state index contributed by atoms with van der Waals surface area (Å²) < 4.78 is 73.9. The van der Waals surface area contributed by atoms with Crippen molar-refractivity contribution in [1.82, 2.24) is 9.97 Å². The minimum Gasteiger partial charge on any atom is -0.468 e. The number of carbonyl (C=O) groups is 2. The first-order chi connectivity index (χ1) is 16.4. The molecule has 0 aromatic carbocycles. The first-order valence-corrected chi connectivity index (χ1v) is 12.2. The molecule has 1 saturated heterocycles. The van der Waals surface area contributed by atoms with Gasteiger partial charge in [0.15, 0.2) is 11.6 Å². The zero-order chi connectivity index (χ0) is 25.5. The number of rotatable bonds is 6. The Morgan fingerprint density at radius 1 is 0.829 bits per heavy atom. The molecule has 0 aliphatic carbocycles. The van der Waals surface area contributed by atoms with Crippen LogP contribution in [0.5, 0.6) is 5.95 Å². The number of furan rings is 1. The molecule has 4 heterocycles. The molecule has 1 fully saturated rings. The Kier molecular flexibility index (Phi) is 5.89. The number of methoxy groups -OCH3 is 1. The number of aromatic nitrogens is 2. The Labute approximate surface area is 197 Å². The van der Waals surface area contributed by atoms with Crippen LogP contribution >= 0.6 is 0 Å². The molecule has 0 radical (unpaired) electrons. The van der Waals surface area contributed by atoms with Gasteiger partial charge in [0.25, 0.3) is 38.0 Å². The van der Waals surface area contributed by atoms with Crippen LogP contribution < -0.4 is 14.8 Å². The summed E-state index contributed by atoms with van der Waals surface area (Å²) in [5, 5.41) is 1.52. The van der Waals surface area contributed by atoms with Gasteiger partial charge in [-0.2, -0.15) is 26.9 Å². The van der Waals surface area contributed by atoms with E-state index < -0.39 is 47.4 Å². The average Bonchev–Trinajstić information content (AvgIpc) is 3.36. The van der Waals surface area contributed by atoms with E-state index in [1.54, 1.807) is 0 Å². The zero-order valence-corrected chi connectivity index (χ0v) is 19.1. The van der Waals surface area contributed by atoms with Gasteiger partial charge in [-0.05, 0) is 36.4 Å². The van der Waals surface area contributed by atoms with E-state index >= 15 is 0 Å². The van der Waals surface area contributed by atoms with Crippen molar-refractivity contribution in [3.05, 3.63) is 60.1 Å². The second kappa shape index (κ2) is 8.58. The number of hydrazine groups is 1. The first kappa shape index (κ1) is 24.0. The third-order valence-corrected chi connectivity index (χ3v) is 6.28. The summed E-state index contributed by atoms with van der Waals surface area (Å²) in [5.41, 5.74) is -0.400. The van der Waals surface area contributed by atoms with Gasteiger partial charge in [0.05, 0.1) is 19.5 Å². The second-order valence-corrected chi connectivity index (χ2v) is 9.65. The van der Waals surface area contributed by atoms with Crippen LogP contribution in [0, 0.1) is 0 Å². The van der Waals surface area contributed by atoms with E-state index in [2.05, 4.69) is 9.97 Å². The largest absolute Gasteiger partial charge is 0.468 e. The summed E-state index contributed by atoms with van der Waals surface area (Å²) in [7, 11) is -7.80. The van der Waals surface area contributed by atoms with Gasteiger partial charge in [0, 0.05) is 6.07 Å². The normalized spacial score (nSPS) is 14.5. The predicted octanol–water partition coefficient (Wildman–Crippen LogP) is 0.950. The van der Waals surface area contributed by atoms with E-state index in [0.717, 1.165) is 52.8 Å². The molecule has 3 aromatic rings. The summed E-state index contributed by atoms with van der Waals surface area (Å²) in [4.78, 5) is 33.1. The lowest BCUT2D eigenvalue weighted by Gasteiger charge is -2.25. The van der Waals surface area contributed by atoms with Gasteiger partial charge in [0.1, 0.15) is 21.1 Å². The lowest BCUT2D eigenvalue weighted by atomic mass is 10.2. The smallest absolute Gasteiger partial charge is 0.296 e. The summed E-state index contributed by atoms with van der Waals surface area (Å²) in [6, 6.07) is 6.94. The highest BCUT2D eigenvalue weighted by molar-refractivity contribution is 7.86. The zero-order valence-electron chi connectivity index (χ0n) is 17.5. The quantitative estimate of drug-likeness (QED) is 0.264. The number of hydrogen-bond acceptors (Lipinski definition) is 10. The van der Waals surface area contributed by atoms with Crippen LogP contribution in [0.15, 0.2) is 68.6 Å². The number of pyridine rings is 2. The van der Waals surface area contributed by atoms with Crippen LogP contribution in [0.3, 0.4) is 0 Å². The maximum absolute atomic E-state index is 13.2.